The molecule has 0 fully saturated rings. The minimum atomic E-state index is -0.193. The Balaban J connectivity index is 2.85. The highest BCUT2D eigenvalue weighted by Gasteiger charge is 2.18. The second kappa shape index (κ2) is 6.01. The lowest BCUT2D eigenvalue weighted by Crippen LogP contribution is -2.23. The van der Waals surface area contributed by atoms with E-state index in [0.29, 0.717) is 6.42 Å². The zero-order valence-corrected chi connectivity index (χ0v) is 11.3. The van der Waals surface area contributed by atoms with Gasteiger partial charge in [-0.2, -0.15) is 0 Å². The van der Waals surface area contributed by atoms with Crippen LogP contribution in [0.4, 0.5) is 0 Å². The topological polar surface area (TPSA) is 29.5 Å². The van der Waals surface area contributed by atoms with E-state index in [1.807, 2.05) is 43.3 Å². The Morgan fingerprint density at radius 3 is 2.38 bits per heavy atom. The van der Waals surface area contributed by atoms with E-state index in [9.17, 15) is 4.79 Å². The van der Waals surface area contributed by atoms with Crippen molar-refractivity contribution in [2.45, 2.75) is 12.5 Å². The average Bonchev–Trinajstić information content (AvgIpc) is 2.26. The molecule has 1 unspecified atom stereocenters. The highest BCUT2D eigenvalue weighted by atomic mass is 79.9. The van der Waals surface area contributed by atoms with Gasteiger partial charge >= 0.3 is 5.97 Å². The maximum absolute atomic E-state index is 11.3. The summed E-state index contributed by atoms with van der Waals surface area (Å²) in [4.78, 5) is 13.3. The Labute approximate surface area is 105 Å². The highest BCUT2D eigenvalue weighted by molar-refractivity contribution is 9.10. The van der Waals surface area contributed by atoms with Gasteiger partial charge in [-0.05, 0) is 31.8 Å². The zero-order chi connectivity index (χ0) is 12.1. The Morgan fingerprint density at radius 2 is 1.94 bits per heavy atom. The maximum atomic E-state index is 11.3. The molecule has 4 heteroatoms. The van der Waals surface area contributed by atoms with Crippen LogP contribution in [0.3, 0.4) is 0 Å². The van der Waals surface area contributed by atoms with Crippen LogP contribution in [0.15, 0.2) is 28.7 Å². The van der Waals surface area contributed by atoms with Crippen LogP contribution < -0.4 is 0 Å². The van der Waals surface area contributed by atoms with Gasteiger partial charge in [0.25, 0.3) is 0 Å². The molecule has 0 N–H and O–H groups in total. The van der Waals surface area contributed by atoms with E-state index in [-0.39, 0.29) is 12.0 Å². The molecule has 1 atom stereocenters. The number of ether oxygens (including phenoxy) is 1. The fourth-order valence-electron chi connectivity index (χ4n) is 1.52. The Kier molecular flexibility index (Phi) is 4.96. The smallest absolute Gasteiger partial charge is 0.307 e. The van der Waals surface area contributed by atoms with Gasteiger partial charge in [-0.3, -0.25) is 4.79 Å². The van der Waals surface area contributed by atoms with E-state index in [0.717, 1.165) is 10.0 Å². The first-order valence-electron chi connectivity index (χ1n) is 5.03. The fourth-order valence-corrected chi connectivity index (χ4v) is 1.79. The minimum absolute atomic E-state index is 0.0561. The van der Waals surface area contributed by atoms with Crippen LogP contribution in [-0.2, 0) is 9.53 Å². The van der Waals surface area contributed by atoms with E-state index >= 15 is 0 Å². The number of halogens is 1. The molecule has 0 aliphatic carbocycles. The summed E-state index contributed by atoms with van der Waals surface area (Å²) in [5.41, 5.74) is 1.11. The van der Waals surface area contributed by atoms with Crippen LogP contribution in [0, 0.1) is 0 Å². The van der Waals surface area contributed by atoms with Crippen molar-refractivity contribution in [2.24, 2.45) is 0 Å². The number of hydrogen-bond acceptors (Lipinski definition) is 3. The summed E-state index contributed by atoms with van der Waals surface area (Å²) in [6.45, 7) is 0. The van der Waals surface area contributed by atoms with Crippen LogP contribution >= 0.6 is 15.9 Å². The number of carbonyl (C=O) groups excluding carboxylic acids is 1. The fraction of sp³-hybridized carbons (Fsp3) is 0.417. The number of rotatable bonds is 4. The van der Waals surface area contributed by atoms with Crippen LogP contribution in [0.5, 0.6) is 0 Å². The van der Waals surface area contributed by atoms with E-state index in [2.05, 4.69) is 15.9 Å². The van der Waals surface area contributed by atoms with Crippen molar-refractivity contribution < 1.29 is 9.53 Å². The molecule has 88 valence electrons. The molecule has 0 saturated carbocycles. The number of hydrogen-bond donors (Lipinski definition) is 0. The molecule has 0 aromatic heterocycles. The quantitative estimate of drug-likeness (QED) is 0.797. The largest absolute Gasteiger partial charge is 0.469 e. The van der Waals surface area contributed by atoms with Gasteiger partial charge < -0.3 is 9.64 Å². The van der Waals surface area contributed by atoms with E-state index in [1.165, 1.54) is 7.11 Å². The number of methoxy groups -OCH3 is 1. The van der Waals surface area contributed by atoms with Crippen molar-refractivity contribution in [1.29, 1.82) is 0 Å². The molecule has 3 nitrogen and oxygen atoms in total. The molecule has 0 radical (unpaired) electrons. The molecule has 0 bridgehead atoms. The first kappa shape index (κ1) is 13.2. The van der Waals surface area contributed by atoms with Gasteiger partial charge in [0.15, 0.2) is 0 Å². The second-order valence-electron chi connectivity index (χ2n) is 3.81. The first-order valence-corrected chi connectivity index (χ1v) is 5.82. The second-order valence-corrected chi connectivity index (χ2v) is 4.73. The SMILES string of the molecule is COC(=O)CC(c1ccc(Br)cc1)N(C)C. The van der Waals surface area contributed by atoms with E-state index in [1.54, 1.807) is 0 Å². The van der Waals surface area contributed by atoms with Crippen molar-refractivity contribution in [2.75, 3.05) is 21.2 Å². The van der Waals surface area contributed by atoms with Crippen LogP contribution in [0.1, 0.15) is 18.0 Å². The zero-order valence-electron chi connectivity index (χ0n) is 9.74. The normalized spacial score (nSPS) is 12.6. The molecular formula is C12H16BrNO2. The molecule has 1 aromatic carbocycles. The van der Waals surface area contributed by atoms with Crippen LogP contribution in [0.2, 0.25) is 0 Å². The predicted molar refractivity (Wildman–Crippen MR) is 67.2 cm³/mol. The van der Waals surface area contributed by atoms with Crippen molar-refractivity contribution in [3.05, 3.63) is 34.3 Å². The summed E-state index contributed by atoms with van der Waals surface area (Å²) in [5, 5.41) is 0. The minimum Gasteiger partial charge on any atom is -0.469 e. The summed E-state index contributed by atoms with van der Waals surface area (Å²) < 4.78 is 5.74. The lowest BCUT2D eigenvalue weighted by atomic mass is 10.0. The summed E-state index contributed by atoms with van der Waals surface area (Å²) in [6.07, 6.45) is 0.366. The molecule has 0 heterocycles. The van der Waals surface area contributed by atoms with Crippen LogP contribution in [-0.4, -0.2) is 32.1 Å². The van der Waals surface area contributed by atoms with Gasteiger partial charge in [0.2, 0.25) is 0 Å². The molecule has 1 aromatic rings. The number of benzene rings is 1. The van der Waals surface area contributed by atoms with Gasteiger partial charge in [0.05, 0.1) is 13.5 Å². The van der Waals surface area contributed by atoms with Gasteiger partial charge in [-0.15, -0.1) is 0 Å². The molecule has 1 rings (SSSR count). The average molecular weight is 286 g/mol. The number of nitrogens with zero attached hydrogens (tertiary/aromatic N) is 1. The van der Waals surface area contributed by atoms with Gasteiger partial charge in [0.1, 0.15) is 0 Å². The van der Waals surface area contributed by atoms with E-state index in [4.69, 9.17) is 4.74 Å². The van der Waals surface area contributed by atoms with E-state index < -0.39 is 0 Å². The predicted octanol–water partition coefficient (Wildman–Crippen LogP) is 2.61. The number of carbonyl (C=O) groups is 1. The van der Waals surface area contributed by atoms with Gasteiger partial charge in [-0.1, -0.05) is 28.1 Å². The lowest BCUT2D eigenvalue weighted by Gasteiger charge is -2.23. The molecule has 0 saturated heterocycles. The van der Waals surface area contributed by atoms with Crippen molar-refractivity contribution in [1.82, 2.24) is 4.90 Å². The summed E-state index contributed by atoms with van der Waals surface area (Å²) in [6, 6.07) is 8.03. The van der Waals surface area contributed by atoms with Gasteiger partial charge in [-0.25, -0.2) is 0 Å². The van der Waals surface area contributed by atoms with Crippen molar-refractivity contribution >= 4 is 21.9 Å². The van der Waals surface area contributed by atoms with Crippen molar-refractivity contribution in [3.8, 4) is 0 Å². The molecule has 0 amide bonds. The monoisotopic (exact) mass is 285 g/mol. The number of esters is 1. The standard InChI is InChI=1S/C12H16BrNO2/c1-14(2)11(8-12(15)16-3)9-4-6-10(13)7-5-9/h4-7,11H,8H2,1-3H3. The first-order chi connectivity index (χ1) is 7.54. The van der Waals surface area contributed by atoms with Crippen LogP contribution in [0.25, 0.3) is 0 Å². The third-order valence-electron chi connectivity index (χ3n) is 2.47. The maximum Gasteiger partial charge on any atom is 0.307 e. The third-order valence-corrected chi connectivity index (χ3v) is 2.99. The summed E-state index contributed by atoms with van der Waals surface area (Å²) in [7, 11) is 5.32. The third kappa shape index (κ3) is 3.61. The molecule has 0 aliphatic rings. The summed E-state index contributed by atoms with van der Waals surface area (Å²) >= 11 is 3.39. The Bertz CT molecular complexity index is 349. The molecule has 16 heavy (non-hydrogen) atoms. The van der Waals surface area contributed by atoms with Crippen molar-refractivity contribution in [3.63, 3.8) is 0 Å². The Morgan fingerprint density at radius 1 is 1.38 bits per heavy atom. The lowest BCUT2D eigenvalue weighted by molar-refractivity contribution is -0.141. The molecular weight excluding hydrogens is 270 g/mol. The summed E-state index contributed by atoms with van der Waals surface area (Å²) in [5.74, 6) is -0.193. The Hall–Kier alpha value is -0.870. The van der Waals surface area contributed by atoms with Gasteiger partial charge in [0, 0.05) is 10.5 Å². The molecule has 0 spiro atoms. The molecule has 0 aliphatic heterocycles. The highest BCUT2D eigenvalue weighted by Crippen LogP contribution is 2.23.